The maximum atomic E-state index is 12.4. The van der Waals surface area contributed by atoms with Gasteiger partial charge >= 0.3 is 0 Å². The first-order valence-electron chi connectivity index (χ1n) is 7.31. The number of carbonyl (C=O) groups is 1. The van der Waals surface area contributed by atoms with Gasteiger partial charge in [-0.25, -0.2) is 4.98 Å². The number of thiazole rings is 1. The van der Waals surface area contributed by atoms with E-state index in [2.05, 4.69) is 15.3 Å². The molecule has 0 unspecified atom stereocenters. The van der Waals surface area contributed by atoms with E-state index < -0.39 is 0 Å². The first-order chi connectivity index (χ1) is 10.7. The Morgan fingerprint density at radius 1 is 1.27 bits per heavy atom. The molecule has 0 fully saturated rings. The number of benzene rings is 1. The van der Waals surface area contributed by atoms with Crippen LogP contribution in [-0.4, -0.2) is 21.9 Å². The number of hydrogen-bond acceptors (Lipinski definition) is 4. The van der Waals surface area contributed by atoms with Crippen LogP contribution in [0.3, 0.4) is 0 Å². The van der Waals surface area contributed by atoms with Gasteiger partial charge in [0, 0.05) is 12.2 Å². The van der Waals surface area contributed by atoms with Crippen LogP contribution in [0.1, 0.15) is 30.6 Å². The molecular formula is C17H17N3OS. The number of hydrogen-bond donors (Lipinski definition) is 1. The van der Waals surface area contributed by atoms with Gasteiger partial charge in [-0.1, -0.05) is 19.1 Å². The Balaban J connectivity index is 2.02. The average Bonchev–Trinajstić information content (AvgIpc) is 2.98. The number of para-hydroxylation sites is 1. The van der Waals surface area contributed by atoms with Crippen molar-refractivity contribution >= 4 is 27.5 Å². The smallest absolute Gasteiger partial charge is 0.253 e. The molecule has 0 aliphatic carbocycles. The highest BCUT2D eigenvalue weighted by Crippen LogP contribution is 2.30. The Morgan fingerprint density at radius 3 is 2.86 bits per heavy atom. The Hall–Kier alpha value is -2.27. The highest BCUT2D eigenvalue weighted by atomic mass is 32.1. The maximum Gasteiger partial charge on any atom is 0.253 e. The van der Waals surface area contributed by atoms with Crippen molar-refractivity contribution in [3.05, 3.63) is 48.2 Å². The zero-order valence-electron chi connectivity index (χ0n) is 12.5. The van der Waals surface area contributed by atoms with Crippen LogP contribution in [0.15, 0.2) is 42.6 Å². The Labute approximate surface area is 133 Å². The molecule has 112 valence electrons. The summed E-state index contributed by atoms with van der Waals surface area (Å²) in [5, 5.41) is 3.76. The second-order valence-corrected chi connectivity index (χ2v) is 6.20. The number of amides is 1. The molecule has 1 N–H and O–H groups in total. The number of aromatic nitrogens is 2. The van der Waals surface area contributed by atoms with Gasteiger partial charge in [-0.15, -0.1) is 11.3 Å². The highest BCUT2D eigenvalue weighted by molar-refractivity contribution is 7.21. The number of carbonyl (C=O) groups excluding carboxylic acids is 1. The lowest BCUT2D eigenvalue weighted by Crippen LogP contribution is -2.32. The third-order valence-electron chi connectivity index (χ3n) is 3.54. The zero-order valence-corrected chi connectivity index (χ0v) is 13.4. The molecule has 3 rings (SSSR count). The van der Waals surface area contributed by atoms with E-state index in [1.54, 1.807) is 29.7 Å². The molecule has 1 atom stereocenters. The molecule has 4 nitrogen and oxygen atoms in total. The lowest BCUT2D eigenvalue weighted by Gasteiger charge is -2.12. The van der Waals surface area contributed by atoms with E-state index >= 15 is 0 Å². The molecule has 22 heavy (non-hydrogen) atoms. The molecule has 1 amide bonds. The topological polar surface area (TPSA) is 54.9 Å². The van der Waals surface area contributed by atoms with E-state index in [0.29, 0.717) is 11.3 Å². The Morgan fingerprint density at radius 2 is 2.09 bits per heavy atom. The van der Waals surface area contributed by atoms with Crippen molar-refractivity contribution in [3.63, 3.8) is 0 Å². The van der Waals surface area contributed by atoms with Crippen LogP contribution in [0, 0.1) is 0 Å². The number of fused-ring (bicyclic) bond motifs is 1. The van der Waals surface area contributed by atoms with Crippen LogP contribution >= 0.6 is 11.3 Å². The number of rotatable bonds is 4. The second kappa shape index (κ2) is 6.23. The van der Waals surface area contributed by atoms with Crippen molar-refractivity contribution in [2.75, 3.05) is 0 Å². The third-order valence-corrected chi connectivity index (χ3v) is 4.58. The summed E-state index contributed by atoms with van der Waals surface area (Å²) in [5.74, 6) is -0.100. The predicted molar refractivity (Wildman–Crippen MR) is 90.1 cm³/mol. The van der Waals surface area contributed by atoms with Crippen LogP contribution < -0.4 is 5.32 Å². The van der Waals surface area contributed by atoms with E-state index in [1.807, 2.05) is 38.1 Å². The van der Waals surface area contributed by atoms with Crippen molar-refractivity contribution in [1.82, 2.24) is 15.3 Å². The van der Waals surface area contributed by atoms with Crippen molar-refractivity contribution in [2.24, 2.45) is 0 Å². The van der Waals surface area contributed by atoms with E-state index in [0.717, 1.165) is 21.6 Å². The van der Waals surface area contributed by atoms with E-state index in [9.17, 15) is 4.79 Å². The number of nitrogens with one attached hydrogen (secondary N) is 1. The van der Waals surface area contributed by atoms with Gasteiger partial charge in [0.25, 0.3) is 5.91 Å². The van der Waals surface area contributed by atoms with Gasteiger partial charge in [0.05, 0.1) is 15.8 Å². The van der Waals surface area contributed by atoms with Gasteiger partial charge in [0.2, 0.25) is 0 Å². The molecule has 1 aromatic carbocycles. The van der Waals surface area contributed by atoms with E-state index in [1.165, 1.54) is 0 Å². The quantitative estimate of drug-likeness (QED) is 0.795. The van der Waals surface area contributed by atoms with Crippen LogP contribution in [-0.2, 0) is 0 Å². The molecule has 2 heterocycles. The monoisotopic (exact) mass is 311 g/mol. The SMILES string of the molecule is CC[C@H](C)NC(=O)c1cccnc1-c1nc2ccccc2s1. The highest BCUT2D eigenvalue weighted by Gasteiger charge is 2.17. The van der Waals surface area contributed by atoms with Gasteiger partial charge < -0.3 is 5.32 Å². The molecule has 0 bridgehead atoms. The van der Waals surface area contributed by atoms with E-state index in [4.69, 9.17) is 0 Å². The molecule has 0 radical (unpaired) electrons. The Kier molecular flexibility index (Phi) is 4.15. The number of nitrogens with zero attached hydrogens (tertiary/aromatic N) is 2. The van der Waals surface area contributed by atoms with Gasteiger partial charge in [0.1, 0.15) is 10.7 Å². The molecule has 3 aromatic rings. The molecule has 0 saturated carbocycles. The van der Waals surface area contributed by atoms with Crippen molar-refractivity contribution in [1.29, 1.82) is 0 Å². The van der Waals surface area contributed by atoms with Crippen molar-refractivity contribution in [3.8, 4) is 10.7 Å². The molecule has 0 saturated heterocycles. The van der Waals surface area contributed by atoms with Crippen LogP contribution in [0.25, 0.3) is 20.9 Å². The summed E-state index contributed by atoms with van der Waals surface area (Å²) >= 11 is 1.55. The summed E-state index contributed by atoms with van der Waals surface area (Å²) in [5.41, 5.74) is 2.15. The van der Waals surface area contributed by atoms with Crippen molar-refractivity contribution in [2.45, 2.75) is 26.3 Å². The largest absolute Gasteiger partial charge is 0.350 e. The minimum absolute atomic E-state index is 0.100. The molecule has 2 aromatic heterocycles. The van der Waals surface area contributed by atoms with Crippen molar-refractivity contribution < 1.29 is 4.79 Å². The van der Waals surface area contributed by atoms with Gasteiger partial charge in [-0.3, -0.25) is 9.78 Å². The molecule has 0 aliphatic rings. The summed E-state index contributed by atoms with van der Waals surface area (Å²) in [4.78, 5) is 21.4. The van der Waals surface area contributed by atoms with Gasteiger partial charge in [-0.2, -0.15) is 0 Å². The van der Waals surface area contributed by atoms with Gasteiger partial charge in [0.15, 0.2) is 0 Å². The minimum atomic E-state index is -0.100. The van der Waals surface area contributed by atoms with Crippen LogP contribution in [0.4, 0.5) is 0 Å². The predicted octanol–water partition coefficient (Wildman–Crippen LogP) is 3.89. The molecular weight excluding hydrogens is 294 g/mol. The molecule has 0 spiro atoms. The average molecular weight is 311 g/mol. The van der Waals surface area contributed by atoms with Gasteiger partial charge in [-0.05, 0) is 37.6 Å². The third kappa shape index (κ3) is 2.85. The summed E-state index contributed by atoms with van der Waals surface area (Å²) < 4.78 is 1.09. The lowest BCUT2D eigenvalue weighted by atomic mass is 10.1. The minimum Gasteiger partial charge on any atom is -0.350 e. The fourth-order valence-electron chi connectivity index (χ4n) is 2.14. The molecule has 5 heteroatoms. The fourth-order valence-corrected chi connectivity index (χ4v) is 3.11. The van der Waals surface area contributed by atoms with Crippen LogP contribution in [0.5, 0.6) is 0 Å². The fraction of sp³-hybridized carbons (Fsp3) is 0.235. The standard InChI is InChI=1S/C17H17N3OS/c1-3-11(2)19-16(21)12-7-6-10-18-15(12)17-20-13-8-4-5-9-14(13)22-17/h4-11H,3H2,1-2H3,(H,19,21)/t11-/m0/s1. The molecule has 0 aliphatic heterocycles. The normalized spacial score (nSPS) is 12.3. The first kappa shape index (κ1) is 14.7. The first-order valence-corrected chi connectivity index (χ1v) is 8.12. The number of pyridine rings is 1. The summed E-state index contributed by atoms with van der Waals surface area (Å²) in [7, 11) is 0. The van der Waals surface area contributed by atoms with E-state index in [-0.39, 0.29) is 11.9 Å². The Bertz CT molecular complexity index is 779. The summed E-state index contributed by atoms with van der Waals surface area (Å²) in [6.45, 7) is 4.04. The zero-order chi connectivity index (χ0) is 15.5. The maximum absolute atomic E-state index is 12.4. The second-order valence-electron chi connectivity index (χ2n) is 5.17. The lowest BCUT2D eigenvalue weighted by molar-refractivity contribution is 0.0939. The summed E-state index contributed by atoms with van der Waals surface area (Å²) in [6.07, 6.45) is 2.59. The van der Waals surface area contributed by atoms with Crippen LogP contribution in [0.2, 0.25) is 0 Å². The summed E-state index contributed by atoms with van der Waals surface area (Å²) in [6, 6.07) is 11.7.